The van der Waals surface area contributed by atoms with Gasteiger partial charge in [-0.3, -0.25) is 4.79 Å². The lowest BCUT2D eigenvalue weighted by Gasteiger charge is -2.33. The minimum atomic E-state index is -0.666. The molecule has 0 aliphatic carbocycles. The molecule has 0 saturated carbocycles. The molecule has 1 saturated heterocycles. The number of nitrogens with zero attached hydrogens (tertiary/aromatic N) is 1. The summed E-state index contributed by atoms with van der Waals surface area (Å²) >= 11 is 9.04. The van der Waals surface area contributed by atoms with E-state index in [-0.39, 0.29) is 16.6 Å². The lowest BCUT2D eigenvalue weighted by atomic mass is 10.0. The van der Waals surface area contributed by atoms with E-state index in [0.717, 1.165) is 12.5 Å². The zero-order valence-electron chi connectivity index (χ0n) is 14.4. The monoisotopic (exact) mass is 434 g/mol. The van der Waals surface area contributed by atoms with Crippen molar-refractivity contribution < 1.29 is 18.7 Å². The molecule has 1 aromatic rings. The van der Waals surface area contributed by atoms with E-state index in [4.69, 9.17) is 16.3 Å². The van der Waals surface area contributed by atoms with Gasteiger partial charge in [-0.05, 0) is 61.7 Å². The highest BCUT2D eigenvalue weighted by molar-refractivity contribution is 9.10. The Morgan fingerprint density at radius 3 is 2.72 bits per heavy atom. The summed E-state index contributed by atoms with van der Waals surface area (Å²) in [5, 5.41) is 2.97. The number of alkyl carbamates (subject to hydrolysis) is 1. The standard InChI is InChI=1S/C17H21BrClFN2O3/c1-17(2,3)25-16(24)21-10-5-4-6-22(9-10)15(23)11-7-12(18)13(19)8-14(11)20/h7-8,10H,4-6,9H2,1-3H3,(H,21,24)/t10-/m0/s1. The Balaban J connectivity index is 2.04. The summed E-state index contributed by atoms with van der Waals surface area (Å²) in [6, 6.07) is 2.26. The molecule has 2 rings (SSSR count). The van der Waals surface area contributed by atoms with Crippen molar-refractivity contribution in [3.8, 4) is 0 Å². The Kier molecular flexibility index (Phi) is 6.32. The fourth-order valence-electron chi connectivity index (χ4n) is 2.61. The van der Waals surface area contributed by atoms with Crippen LogP contribution in [0.2, 0.25) is 5.02 Å². The van der Waals surface area contributed by atoms with Crippen molar-refractivity contribution in [2.45, 2.75) is 45.3 Å². The minimum absolute atomic E-state index is 0.0470. The summed E-state index contributed by atoms with van der Waals surface area (Å²) in [4.78, 5) is 26.0. The SMILES string of the molecule is CC(C)(C)OC(=O)N[C@H]1CCCN(C(=O)c2cc(Br)c(Cl)cc2F)C1. The van der Waals surface area contributed by atoms with Crippen molar-refractivity contribution in [1.82, 2.24) is 10.2 Å². The van der Waals surface area contributed by atoms with Crippen molar-refractivity contribution in [3.05, 3.63) is 33.0 Å². The Bertz CT molecular complexity index is 679. The van der Waals surface area contributed by atoms with Gasteiger partial charge in [0, 0.05) is 23.6 Å². The van der Waals surface area contributed by atoms with Crippen LogP contribution in [0.5, 0.6) is 0 Å². The van der Waals surface area contributed by atoms with Gasteiger partial charge in [0.25, 0.3) is 5.91 Å². The van der Waals surface area contributed by atoms with Crippen LogP contribution in [0, 0.1) is 5.82 Å². The topological polar surface area (TPSA) is 58.6 Å². The molecule has 138 valence electrons. The molecule has 1 aliphatic rings. The van der Waals surface area contributed by atoms with E-state index in [1.54, 1.807) is 20.8 Å². The summed E-state index contributed by atoms with van der Waals surface area (Å²) < 4.78 is 19.8. The van der Waals surface area contributed by atoms with Crippen LogP contribution in [0.25, 0.3) is 0 Å². The average Bonchev–Trinajstić information content (AvgIpc) is 2.48. The van der Waals surface area contributed by atoms with Gasteiger partial charge in [0.2, 0.25) is 0 Å². The largest absolute Gasteiger partial charge is 0.444 e. The van der Waals surface area contributed by atoms with Crippen LogP contribution in [0.15, 0.2) is 16.6 Å². The first-order valence-corrected chi connectivity index (χ1v) is 9.17. The van der Waals surface area contributed by atoms with Crippen LogP contribution in [0.4, 0.5) is 9.18 Å². The summed E-state index contributed by atoms with van der Waals surface area (Å²) in [7, 11) is 0. The van der Waals surface area contributed by atoms with Crippen LogP contribution in [-0.2, 0) is 4.74 Å². The number of hydrogen-bond donors (Lipinski definition) is 1. The highest BCUT2D eigenvalue weighted by Crippen LogP contribution is 2.27. The molecule has 25 heavy (non-hydrogen) atoms. The Labute approximate surface area is 160 Å². The minimum Gasteiger partial charge on any atom is -0.444 e. The third-order valence-corrected chi connectivity index (χ3v) is 4.87. The fourth-order valence-corrected chi connectivity index (χ4v) is 3.10. The number of amides is 2. The summed E-state index contributed by atoms with van der Waals surface area (Å²) in [6.45, 7) is 6.15. The van der Waals surface area contributed by atoms with E-state index in [2.05, 4.69) is 21.2 Å². The molecule has 8 heteroatoms. The number of rotatable bonds is 2. The van der Waals surface area contributed by atoms with Gasteiger partial charge in [0.05, 0.1) is 10.6 Å². The van der Waals surface area contributed by atoms with E-state index in [1.807, 2.05) is 0 Å². The first-order valence-electron chi connectivity index (χ1n) is 8.00. The summed E-state index contributed by atoms with van der Waals surface area (Å²) in [6.07, 6.45) is 0.922. The number of piperidine rings is 1. The summed E-state index contributed by atoms with van der Waals surface area (Å²) in [5.74, 6) is -1.09. The molecule has 1 heterocycles. The molecule has 0 spiro atoms. The van der Waals surface area contributed by atoms with Gasteiger partial charge in [-0.2, -0.15) is 0 Å². The number of nitrogens with one attached hydrogen (secondary N) is 1. The van der Waals surface area contributed by atoms with Gasteiger partial charge < -0.3 is 15.0 Å². The molecular weight excluding hydrogens is 415 g/mol. The van der Waals surface area contributed by atoms with E-state index in [1.165, 1.54) is 11.0 Å². The van der Waals surface area contributed by atoms with Crippen LogP contribution >= 0.6 is 27.5 Å². The number of likely N-dealkylation sites (tertiary alicyclic amines) is 1. The zero-order chi connectivity index (χ0) is 18.8. The second-order valence-corrected chi connectivity index (χ2v) is 8.24. The maximum absolute atomic E-state index is 14.1. The fraction of sp³-hybridized carbons (Fsp3) is 0.529. The molecule has 1 aromatic carbocycles. The maximum atomic E-state index is 14.1. The number of carbonyl (C=O) groups is 2. The van der Waals surface area contributed by atoms with Gasteiger partial charge in [-0.15, -0.1) is 0 Å². The second-order valence-electron chi connectivity index (χ2n) is 6.98. The van der Waals surface area contributed by atoms with Gasteiger partial charge in [-0.1, -0.05) is 11.6 Å². The molecule has 0 aromatic heterocycles. The van der Waals surface area contributed by atoms with Crippen LogP contribution in [-0.4, -0.2) is 41.6 Å². The van der Waals surface area contributed by atoms with Crippen LogP contribution in [0.1, 0.15) is 44.0 Å². The molecule has 1 N–H and O–H groups in total. The van der Waals surface area contributed by atoms with Crippen LogP contribution in [0.3, 0.4) is 0 Å². The van der Waals surface area contributed by atoms with Gasteiger partial charge >= 0.3 is 6.09 Å². The predicted octanol–water partition coefficient (Wildman–Crippen LogP) is 4.37. The molecule has 5 nitrogen and oxygen atoms in total. The molecular formula is C17H21BrClFN2O3. The van der Waals surface area contributed by atoms with Crippen LogP contribution < -0.4 is 5.32 Å². The van der Waals surface area contributed by atoms with Crippen molar-refractivity contribution in [2.24, 2.45) is 0 Å². The molecule has 0 radical (unpaired) electrons. The predicted molar refractivity (Wildman–Crippen MR) is 97.4 cm³/mol. The first kappa shape index (κ1) is 20.0. The third kappa shape index (κ3) is 5.57. The molecule has 1 aliphatic heterocycles. The van der Waals surface area contributed by atoms with Crippen molar-refractivity contribution in [1.29, 1.82) is 0 Å². The number of carbonyl (C=O) groups excluding carboxylic acids is 2. The van der Waals surface area contributed by atoms with Gasteiger partial charge in [0.1, 0.15) is 11.4 Å². The number of halogens is 3. The highest BCUT2D eigenvalue weighted by Gasteiger charge is 2.28. The van der Waals surface area contributed by atoms with Crippen molar-refractivity contribution >= 4 is 39.5 Å². The maximum Gasteiger partial charge on any atom is 0.407 e. The van der Waals surface area contributed by atoms with Gasteiger partial charge in [0.15, 0.2) is 0 Å². The van der Waals surface area contributed by atoms with E-state index < -0.39 is 23.4 Å². The van der Waals surface area contributed by atoms with Gasteiger partial charge in [-0.25, -0.2) is 9.18 Å². The zero-order valence-corrected chi connectivity index (χ0v) is 16.7. The molecule has 1 fully saturated rings. The highest BCUT2D eigenvalue weighted by atomic mass is 79.9. The Morgan fingerprint density at radius 1 is 1.40 bits per heavy atom. The number of ether oxygens (including phenoxy) is 1. The lowest BCUT2D eigenvalue weighted by Crippen LogP contribution is -2.50. The van der Waals surface area contributed by atoms with Crippen molar-refractivity contribution in [3.63, 3.8) is 0 Å². The molecule has 2 amide bonds. The normalized spacial score (nSPS) is 18.0. The smallest absolute Gasteiger partial charge is 0.407 e. The van der Waals surface area contributed by atoms with E-state index >= 15 is 0 Å². The second kappa shape index (κ2) is 7.91. The Morgan fingerprint density at radius 2 is 2.08 bits per heavy atom. The Hall–Kier alpha value is -1.34. The number of hydrogen-bond acceptors (Lipinski definition) is 3. The van der Waals surface area contributed by atoms with E-state index in [0.29, 0.717) is 24.0 Å². The molecule has 1 atom stereocenters. The first-order chi connectivity index (χ1) is 11.6. The molecule has 0 bridgehead atoms. The van der Waals surface area contributed by atoms with Crippen molar-refractivity contribution in [2.75, 3.05) is 13.1 Å². The quantitative estimate of drug-likeness (QED) is 0.702. The summed E-state index contributed by atoms with van der Waals surface area (Å²) in [5.41, 5.74) is -0.637. The van der Waals surface area contributed by atoms with E-state index in [9.17, 15) is 14.0 Å². The molecule has 0 unspecified atom stereocenters. The number of benzene rings is 1. The lowest BCUT2D eigenvalue weighted by molar-refractivity contribution is 0.0451. The third-order valence-electron chi connectivity index (χ3n) is 3.67. The average molecular weight is 436 g/mol.